The van der Waals surface area contributed by atoms with Gasteiger partial charge in [-0.05, 0) is 79.3 Å². The average molecular weight is 844 g/mol. The van der Waals surface area contributed by atoms with Crippen LogP contribution < -0.4 is 5.32 Å². The van der Waals surface area contributed by atoms with Crippen LogP contribution in [0.25, 0.3) is 0 Å². The van der Waals surface area contributed by atoms with Crippen molar-refractivity contribution in [1.82, 2.24) is 15.1 Å². The van der Waals surface area contributed by atoms with E-state index in [0.717, 1.165) is 75.7 Å². The van der Waals surface area contributed by atoms with Crippen LogP contribution in [0.1, 0.15) is 51.5 Å². The molecule has 3 aromatic carbocycles. The normalized spacial score (nSPS) is 15.4. The second-order valence-corrected chi connectivity index (χ2v) is 12.8. The van der Waals surface area contributed by atoms with Crippen LogP contribution in [0.5, 0.6) is 0 Å². The fraction of sp³-hybridized carbons (Fsp3) is 0.405. The number of carboxylic acid groups (broad SMARTS) is 3. The SMILES string of the molecule is O=C(CCCN1CCN(C(c2ccccc2)c2ccc(Cl)cc2)CC1)c1ccc2c(c1)CCNCC2.O=C(O)C(F)(F)F.O=C(O)C(F)(F)F.O=C(O)C(F)(F)F. The number of carboxylic acids is 3. The van der Waals surface area contributed by atoms with Gasteiger partial charge in [-0.3, -0.25) is 9.69 Å². The lowest BCUT2D eigenvalue weighted by molar-refractivity contribution is -0.193. The van der Waals surface area contributed by atoms with Gasteiger partial charge >= 0.3 is 36.4 Å². The molecule has 0 spiro atoms. The highest BCUT2D eigenvalue weighted by molar-refractivity contribution is 6.30. The maximum Gasteiger partial charge on any atom is 0.490 e. The number of piperazine rings is 1. The van der Waals surface area contributed by atoms with E-state index in [1.54, 1.807) is 0 Å². The van der Waals surface area contributed by atoms with Crippen molar-refractivity contribution in [2.75, 3.05) is 45.8 Å². The van der Waals surface area contributed by atoms with Gasteiger partial charge in [-0.25, -0.2) is 14.4 Å². The molecule has 2 heterocycles. The summed E-state index contributed by atoms with van der Waals surface area (Å²) >= 11 is 6.17. The predicted octanol–water partition coefficient (Wildman–Crippen LogP) is 7.30. The van der Waals surface area contributed by atoms with E-state index in [-0.39, 0.29) is 11.8 Å². The molecule has 10 nitrogen and oxygen atoms in total. The number of benzene rings is 3. The van der Waals surface area contributed by atoms with E-state index in [9.17, 15) is 44.3 Å². The highest BCUT2D eigenvalue weighted by atomic mass is 35.5. The minimum atomic E-state index is -5.08. The maximum absolute atomic E-state index is 12.9. The molecule has 20 heteroatoms. The third kappa shape index (κ3) is 17.5. The van der Waals surface area contributed by atoms with Crippen LogP contribution in [0.3, 0.4) is 0 Å². The van der Waals surface area contributed by atoms with Gasteiger partial charge in [0.05, 0.1) is 6.04 Å². The Morgan fingerprint density at radius 1 is 0.649 bits per heavy atom. The third-order valence-corrected chi connectivity index (χ3v) is 8.60. The molecule has 1 fully saturated rings. The number of aliphatic carboxylic acids is 3. The van der Waals surface area contributed by atoms with Crippen LogP contribution in [0.4, 0.5) is 39.5 Å². The molecule has 3 aromatic rings. The molecule has 2 aliphatic rings. The molecule has 314 valence electrons. The Balaban J connectivity index is 0.000000438. The number of halogens is 10. The number of nitrogens with zero attached hydrogens (tertiary/aromatic N) is 2. The van der Waals surface area contributed by atoms with E-state index in [2.05, 4.69) is 69.7 Å². The quantitative estimate of drug-likeness (QED) is 0.135. The molecule has 0 aromatic heterocycles. The van der Waals surface area contributed by atoms with Crippen molar-refractivity contribution >= 4 is 35.3 Å². The number of hydrogen-bond donors (Lipinski definition) is 4. The van der Waals surface area contributed by atoms with E-state index in [1.165, 1.54) is 22.3 Å². The summed E-state index contributed by atoms with van der Waals surface area (Å²) in [6.07, 6.45) is -11.6. The van der Waals surface area contributed by atoms with E-state index in [0.29, 0.717) is 6.42 Å². The first-order valence-corrected chi connectivity index (χ1v) is 17.4. The second kappa shape index (κ2) is 22.3. The highest BCUT2D eigenvalue weighted by Crippen LogP contribution is 2.30. The first kappa shape index (κ1) is 48.4. The Labute approximate surface area is 325 Å². The van der Waals surface area contributed by atoms with Crippen molar-refractivity contribution in [2.24, 2.45) is 0 Å². The number of alkyl halides is 9. The Morgan fingerprint density at radius 2 is 1.11 bits per heavy atom. The molecule has 1 saturated heterocycles. The fourth-order valence-electron chi connectivity index (χ4n) is 5.59. The molecule has 4 N–H and O–H groups in total. The fourth-order valence-corrected chi connectivity index (χ4v) is 5.72. The van der Waals surface area contributed by atoms with Crippen LogP contribution >= 0.6 is 11.6 Å². The van der Waals surface area contributed by atoms with E-state index < -0.39 is 36.4 Å². The number of hydrogen-bond acceptors (Lipinski definition) is 7. The van der Waals surface area contributed by atoms with Crippen LogP contribution in [0.2, 0.25) is 5.02 Å². The number of carbonyl (C=O) groups is 4. The third-order valence-electron chi connectivity index (χ3n) is 8.35. The first-order chi connectivity index (χ1) is 26.5. The summed E-state index contributed by atoms with van der Waals surface area (Å²) in [5.41, 5.74) is 6.21. The smallest absolute Gasteiger partial charge is 0.475 e. The number of nitrogens with one attached hydrogen (secondary N) is 1. The van der Waals surface area contributed by atoms with Crippen molar-refractivity contribution in [2.45, 2.75) is 50.3 Å². The Morgan fingerprint density at radius 3 is 1.58 bits per heavy atom. The molecule has 2 aliphatic heterocycles. The molecular weight excluding hydrogens is 805 g/mol. The summed E-state index contributed by atoms with van der Waals surface area (Å²) in [6, 6.07) is 25.6. The van der Waals surface area contributed by atoms with Gasteiger partial charge in [0.25, 0.3) is 0 Å². The monoisotopic (exact) mass is 843 g/mol. The van der Waals surface area contributed by atoms with Crippen molar-refractivity contribution in [3.63, 3.8) is 0 Å². The molecule has 0 radical (unpaired) electrons. The minimum Gasteiger partial charge on any atom is -0.475 e. The lowest BCUT2D eigenvalue weighted by Crippen LogP contribution is -2.48. The molecule has 0 saturated carbocycles. The molecule has 1 atom stereocenters. The minimum absolute atomic E-state index is 0.232. The van der Waals surface area contributed by atoms with Gasteiger partial charge in [0, 0.05) is 43.2 Å². The molecule has 0 amide bonds. The molecule has 5 rings (SSSR count). The Kier molecular flexibility index (Phi) is 18.9. The van der Waals surface area contributed by atoms with Crippen molar-refractivity contribution < 1.29 is 74.0 Å². The Bertz CT molecular complexity index is 1690. The summed E-state index contributed by atoms with van der Waals surface area (Å²) in [5.74, 6) is -7.99. The van der Waals surface area contributed by atoms with E-state index >= 15 is 0 Å². The zero-order valence-electron chi connectivity index (χ0n) is 29.9. The molecule has 0 bridgehead atoms. The second-order valence-electron chi connectivity index (χ2n) is 12.4. The zero-order chi connectivity index (χ0) is 43.0. The number of fused-ring (bicyclic) bond motifs is 1. The van der Waals surface area contributed by atoms with Gasteiger partial charge in [0.15, 0.2) is 5.78 Å². The van der Waals surface area contributed by atoms with Gasteiger partial charge in [0.2, 0.25) is 0 Å². The molecule has 1 unspecified atom stereocenters. The van der Waals surface area contributed by atoms with Crippen molar-refractivity contribution in [3.05, 3.63) is 106 Å². The van der Waals surface area contributed by atoms with Crippen LogP contribution in [0.15, 0.2) is 72.8 Å². The lowest BCUT2D eigenvalue weighted by Gasteiger charge is -2.39. The number of carbonyl (C=O) groups excluding carboxylic acids is 1. The number of Topliss-reactive ketones (excluding diaryl/α,β-unsaturated/α-hetero) is 1. The van der Waals surface area contributed by atoms with E-state index in [1.807, 2.05) is 18.2 Å². The topological polar surface area (TPSA) is 147 Å². The van der Waals surface area contributed by atoms with E-state index in [4.69, 9.17) is 41.3 Å². The van der Waals surface area contributed by atoms with Crippen LogP contribution in [-0.2, 0) is 27.2 Å². The summed E-state index contributed by atoms with van der Waals surface area (Å²) in [6.45, 7) is 7.07. The number of ketones is 1. The summed E-state index contributed by atoms with van der Waals surface area (Å²) in [4.78, 5) is 44.7. The summed E-state index contributed by atoms with van der Waals surface area (Å²) < 4.78 is 95.2. The van der Waals surface area contributed by atoms with Gasteiger partial charge in [-0.2, -0.15) is 39.5 Å². The summed E-state index contributed by atoms with van der Waals surface area (Å²) in [5, 5.41) is 25.6. The van der Waals surface area contributed by atoms with Crippen LogP contribution in [-0.4, -0.2) is 113 Å². The Hall–Kier alpha value is -4.72. The van der Waals surface area contributed by atoms with Gasteiger partial charge in [0.1, 0.15) is 0 Å². The zero-order valence-corrected chi connectivity index (χ0v) is 30.7. The largest absolute Gasteiger partial charge is 0.490 e. The summed E-state index contributed by atoms with van der Waals surface area (Å²) in [7, 11) is 0. The standard InChI is InChI=1S/C31H36ClN3O.3C2HF3O2/c32-29-12-10-26(11-13-29)31(25-5-2-1-3-6-25)35-21-19-34(20-22-35)18-4-7-30(36)28-9-8-24-14-16-33-17-15-27(24)23-28;3*3-2(4,5)1(6)7/h1-3,5-6,8-13,23,31,33H,4,7,14-22H2;3*(H,6,7). The average Bonchev–Trinajstić information content (AvgIpc) is 3.38. The predicted molar refractivity (Wildman–Crippen MR) is 189 cm³/mol. The van der Waals surface area contributed by atoms with Gasteiger partial charge in [-0.1, -0.05) is 66.2 Å². The van der Waals surface area contributed by atoms with Gasteiger partial charge in [-0.15, -0.1) is 0 Å². The first-order valence-electron chi connectivity index (χ1n) is 17.0. The maximum atomic E-state index is 12.9. The molecular formula is C37H39ClF9N3O7. The highest BCUT2D eigenvalue weighted by Gasteiger charge is 2.39. The van der Waals surface area contributed by atoms with Crippen molar-refractivity contribution in [3.8, 4) is 0 Å². The molecule has 57 heavy (non-hydrogen) atoms. The number of rotatable bonds is 8. The molecule has 0 aliphatic carbocycles. The van der Waals surface area contributed by atoms with Crippen molar-refractivity contribution in [1.29, 1.82) is 0 Å². The van der Waals surface area contributed by atoms with Crippen LogP contribution in [0, 0.1) is 0 Å². The van der Waals surface area contributed by atoms with Gasteiger partial charge < -0.3 is 25.5 Å². The lowest BCUT2D eigenvalue weighted by atomic mass is 9.96.